The van der Waals surface area contributed by atoms with E-state index in [2.05, 4.69) is 0 Å². The van der Waals surface area contributed by atoms with Crippen LogP contribution in [0, 0.1) is 12.7 Å². The molecule has 3 heteroatoms. The maximum atomic E-state index is 13.1. The highest BCUT2D eigenvalue weighted by atomic mass is 35.5. The SMILES string of the molecule is C/C(=C/Cl)COc1cc(C)ccc1F. The number of hydrogen-bond acceptors (Lipinski definition) is 1. The molecule has 0 aromatic heterocycles. The number of halogens is 2. The molecule has 0 amide bonds. The second-order valence-corrected chi connectivity index (χ2v) is 3.40. The summed E-state index contributed by atoms with van der Waals surface area (Å²) in [7, 11) is 0. The van der Waals surface area contributed by atoms with Crippen molar-refractivity contribution in [1.29, 1.82) is 0 Å². The Labute approximate surface area is 88.1 Å². The Hall–Kier alpha value is -1.02. The highest BCUT2D eigenvalue weighted by molar-refractivity contribution is 6.25. The first kappa shape index (κ1) is 11.1. The van der Waals surface area contributed by atoms with Crippen molar-refractivity contribution in [2.45, 2.75) is 13.8 Å². The zero-order valence-corrected chi connectivity index (χ0v) is 8.94. The molecule has 0 spiro atoms. The molecule has 0 aliphatic rings. The van der Waals surface area contributed by atoms with Gasteiger partial charge in [-0.1, -0.05) is 17.7 Å². The zero-order valence-electron chi connectivity index (χ0n) is 8.18. The average Bonchev–Trinajstić information content (AvgIpc) is 2.19. The van der Waals surface area contributed by atoms with Crippen LogP contribution >= 0.6 is 11.6 Å². The van der Waals surface area contributed by atoms with Gasteiger partial charge in [-0.25, -0.2) is 4.39 Å². The summed E-state index contributed by atoms with van der Waals surface area (Å²) < 4.78 is 18.4. The van der Waals surface area contributed by atoms with Crippen LogP contribution in [0.25, 0.3) is 0 Å². The van der Waals surface area contributed by atoms with Gasteiger partial charge < -0.3 is 4.74 Å². The van der Waals surface area contributed by atoms with Crippen molar-refractivity contribution in [2.75, 3.05) is 6.61 Å². The van der Waals surface area contributed by atoms with E-state index in [0.29, 0.717) is 6.61 Å². The van der Waals surface area contributed by atoms with Crippen molar-refractivity contribution in [3.05, 3.63) is 40.7 Å². The molecule has 76 valence electrons. The first-order valence-corrected chi connectivity index (χ1v) is 4.72. The third-order valence-electron chi connectivity index (χ3n) is 1.73. The molecular weight excluding hydrogens is 203 g/mol. The van der Waals surface area contributed by atoms with Gasteiger partial charge in [0.1, 0.15) is 6.61 Å². The van der Waals surface area contributed by atoms with Crippen LogP contribution in [0.2, 0.25) is 0 Å². The second-order valence-electron chi connectivity index (χ2n) is 3.18. The van der Waals surface area contributed by atoms with Crippen molar-refractivity contribution >= 4 is 11.6 Å². The highest BCUT2D eigenvalue weighted by Crippen LogP contribution is 2.18. The van der Waals surface area contributed by atoms with Gasteiger partial charge in [-0.15, -0.1) is 0 Å². The van der Waals surface area contributed by atoms with Crippen LogP contribution in [0.1, 0.15) is 12.5 Å². The predicted molar refractivity (Wildman–Crippen MR) is 56.2 cm³/mol. The minimum Gasteiger partial charge on any atom is -0.486 e. The van der Waals surface area contributed by atoms with Gasteiger partial charge >= 0.3 is 0 Å². The summed E-state index contributed by atoms with van der Waals surface area (Å²) in [5, 5.41) is 0. The fourth-order valence-electron chi connectivity index (χ4n) is 0.944. The topological polar surface area (TPSA) is 9.23 Å². The molecule has 0 aliphatic heterocycles. The number of hydrogen-bond donors (Lipinski definition) is 0. The van der Waals surface area contributed by atoms with Crippen LogP contribution in [-0.2, 0) is 0 Å². The standard InChI is InChI=1S/C11H12ClFO/c1-8-3-4-10(13)11(5-8)14-7-9(2)6-12/h3-6H,7H2,1-2H3/b9-6-. The molecule has 0 heterocycles. The zero-order chi connectivity index (χ0) is 10.6. The Morgan fingerprint density at radius 1 is 1.57 bits per heavy atom. The van der Waals surface area contributed by atoms with Crippen LogP contribution in [0.15, 0.2) is 29.3 Å². The minimum absolute atomic E-state index is 0.267. The molecule has 14 heavy (non-hydrogen) atoms. The van der Waals surface area contributed by atoms with Gasteiger partial charge in [0.2, 0.25) is 0 Å². The van der Waals surface area contributed by atoms with E-state index in [9.17, 15) is 4.39 Å². The maximum Gasteiger partial charge on any atom is 0.165 e. The molecule has 0 radical (unpaired) electrons. The van der Waals surface area contributed by atoms with E-state index in [0.717, 1.165) is 11.1 Å². The molecule has 0 aliphatic carbocycles. The Kier molecular flexibility index (Phi) is 3.96. The van der Waals surface area contributed by atoms with Crippen molar-refractivity contribution in [3.8, 4) is 5.75 Å². The van der Waals surface area contributed by atoms with E-state index < -0.39 is 0 Å². The Morgan fingerprint density at radius 2 is 2.29 bits per heavy atom. The summed E-state index contributed by atoms with van der Waals surface area (Å²) >= 11 is 5.45. The van der Waals surface area contributed by atoms with E-state index in [-0.39, 0.29) is 11.6 Å². The Morgan fingerprint density at radius 3 is 2.93 bits per heavy atom. The van der Waals surface area contributed by atoms with Gasteiger partial charge in [0.15, 0.2) is 11.6 Å². The summed E-state index contributed by atoms with van der Waals surface area (Å²) in [4.78, 5) is 0. The van der Waals surface area contributed by atoms with Crippen molar-refractivity contribution < 1.29 is 9.13 Å². The molecule has 1 aromatic rings. The molecule has 0 saturated carbocycles. The molecule has 1 aromatic carbocycles. The van der Waals surface area contributed by atoms with E-state index in [1.165, 1.54) is 11.6 Å². The third-order valence-corrected chi connectivity index (χ3v) is 2.10. The van der Waals surface area contributed by atoms with Crippen molar-refractivity contribution in [1.82, 2.24) is 0 Å². The molecular formula is C11H12ClFO. The van der Waals surface area contributed by atoms with Crippen LogP contribution in [-0.4, -0.2) is 6.61 Å². The summed E-state index contributed by atoms with van der Waals surface area (Å²) in [5.41, 5.74) is 3.25. The van der Waals surface area contributed by atoms with Gasteiger partial charge in [0, 0.05) is 5.54 Å². The minimum atomic E-state index is -0.349. The molecule has 0 N–H and O–H groups in total. The number of aryl methyl sites for hydroxylation is 1. The third kappa shape index (κ3) is 3.04. The lowest BCUT2D eigenvalue weighted by molar-refractivity contribution is 0.332. The summed E-state index contributed by atoms with van der Waals surface area (Å²) in [6.07, 6.45) is 0. The molecule has 0 saturated heterocycles. The average molecular weight is 215 g/mol. The van der Waals surface area contributed by atoms with E-state index >= 15 is 0 Å². The lowest BCUT2D eigenvalue weighted by atomic mass is 10.2. The van der Waals surface area contributed by atoms with Gasteiger partial charge in [-0.2, -0.15) is 0 Å². The van der Waals surface area contributed by atoms with Gasteiger partial charge in [-0.3, -0.25) is 0 Å². The molecule has 0 fully saturated rings. The van der Waals surface area contributed by atoms with Gasteiger partial charge in [-0.05, 0) is 37.1 Å². The maximum absolute atomic E-state index is 13.1. The van der Waals surface area contributed by atoms with Crippen molar-refractivity contribution in [2.24, 2.45) is 0 Å². The second kappa shape index (κ2) is 5.01. The van der Waals surface area contributed by atoms with E-state index in [1.807, 2.05) is 13.8 Å². The molecule has 1 nitrogen and oxygen atoms in total. The first-order valence-electron chi connectivity index (χ1n) is 4.28. The number of ether oxygens (including phenoxy) is 1. The monoisotopic (exact) mass is 214 g/mol. The van der Waals surface area contributed by atoms with E-state index in [1.54, 1.807) is 12.1 Å². The van der Waals surface area contributed by atoms with Gasteiger partial charge in [0.05, 0.1) is 0 Å². The first-order chi connectivity index (χ1) is 6.63. The lowest BCUT2D eigenvalue weighted by Gasteiger charge is -2.07. The molecule has 0 atom stereocenters. The van der Waals surface area contributed by atoms with Crippen LogP contribution in [0.5, 0.6) is 5.75 Å². The summed E-state index contributed by atoms with van der Waals surface area (Å²) in [5.74, 6) is -0.0826. The summed E-state index contributed by atoms with van der Waals surface area (Å²) in [6.45, 7) is 4.02. The Balaban J connectivity index is 2.71. The van der Waals surface area contributed by atoms with E-state index in [4.69, 9.17) is 16.3 Å². The van der Waals surface area contributed by atoms with Crippen molar-refractivity contribution in [3.63, 3.8) is 0 Å². The molecule has 1 rings (SSSR count). The normalized spacial score (nSPS) is 11.6. The largest absolute Gasteiger partial charge is 0.486 e. The number of benzene rings is 1. The highest BCUT2D eigenvalue weighted by Gasteiger charge is 2.02. The molecule has 0 bridgehead atoms. The smallest absolute Gasteiger partial charge is 0.165 e. The molecule has 0 unspecified atom stereocenters. The summed E-state index contributed by atoms with van der Waals surface area (Å²) in [6, 6.07) is 4.76. The fourth-order valence-corrected chi connectivity index (χ4v) is 1.01. The fraction of sp³-hybridized carbons (Fsp3) is 0.273. The van der Waals surface area contributed by atoms with Crippen LogP contribution < -0.4 is 4.74 Å². The van der Waals surface area contributed by atoms with Gasteiger partial charge in [0.25, 0.3) is 0 Å². The quantitative estimate of drug-likeness (QED) is 0.746. The number of rotatable bonds is 3. The van der Waals surface area contributed by atoms with Crippen LogP contribution in [0.4, 0.5) is 4.39 Å². The lowest BCUT2D eigenvalue weighted by Crippen LogP contribution is -2.00. The van der Waals surface area contributed by atoms with Crippen LogP contribution in [0.3, 0.4) is 0 Å². The Bertz CT molecular complexity index is 347. The predicted octanol–water partition coefficient (Wildman–Crippen LogP) is 3.66.